The Bertz CT molecular complexity index is 543. The van der Waals surface area contributed by atoms with E-state index in [1.165, 1.54) is 0 Å². The number of carbonyl (C=O) groups is 1. The van der Waals surface area contributed by atoms with E-state index < -0.39 is 36.7 Å². The molecule has 1 aromatic rings. The highest BCUT2D eigenvalue weighted by atomic mass is 35.5. The van der Waals surface area contributed by atoms with Crippen molar-refractivity contribution in [1.82, 2.24) is 4.98 Å². The SMILES string of the molecule is [2H]C([2H])([2H])C([2H])(Oc1ncc(C(=O)O)cc1Cl)C([2H])([2H])[2H]. The van der Waals surface area contributed by atoms with Crippen LogP contribution in [0.5, 0.6) is 5.88 Å². The average Bonchev–Trinajstić information content (AvgIpc) is 2.28. The van der Waals surface area contributed by atoms with E-state index >= 15 is 0 Å². The van der Waals surface area contributed by atoms with Crippen LogP contribution in [0.3, 0.4) is 0 Å². The van der Waals surface area contributed by atoms with E-state index in [0.29, 0.717) is 0 Å². The van der Waals surface area contributed by atoms with Gasteiger partial charge >= 0.3 is 5.97 Å². The van der Waals surface area contributed by atoms with Gasteiger partial charge in [0.15, 0.2) is 0 Å². The van der Waals surface area contributed by atoms with Gasteiger partial charge in [-0.3, -0.25) is 0 Å². The van der Waals surface area contributed by atoms with E-state index in [1.54, 1.807) is 0 Å². The monoisotopic (exact) mass is 222 g/mol. The molecule has 0 bridgehead atoms. The number of carboxylic acid groups (broad SMARTS) is 1. The molecule has 1 aromatic heterocycles. The second kappa shape index (κ2) is 4.28. The molecular formula is C9H10ClNO3. The molecule has 0 aromatic carbocycles. The fourth-order valence-electron chi connectivity index (χ4n) is 0.714. The topological polar surface area (TPSA) is 59.4 Å². The fourth-order valence-corrected chi connectivity index (χ4v) is 0.919. The number of aromatic nitrogens is 1. The van der Waals surface area contributed by atoms with Crippen molar-refractivity contribution in [2.75, 3.05) is 0 Å². The Hall–Kier alpha value is -1.29. The summed E-state index contributed by atoms with van der Waals surface area (Å²) in [7, 11) is 0. The number of carboxylic acids is 1. The van der Waals surface area contributed by atoms with Gasteiger partial charge in [-0.05, 0) is 19.8 Å². The summed E-state index contributed by atoms with van der Waals surface area (Å²) in [6, 6.07) is 0.908. The van der Waals surface area contributed by atoms with Crippen molar-refractivity contribution < 1.29 is 24.2 Å². The molecule has 0 fully saturated rings. The molecule has 76 valence electrons. The third-order valence-electron chi connectivity index (χ3n) is 1.25. The zero-order valence-corrected chi connectivity index (χ0v) is 7.50. The predicted molar refractivity (Wildman–Crippen MR) is 52.0 cm³/mol. The molecule has 0 saturated carbocycles. The van der Waals surface area contributed by atoms with Gasteiger partial charge in [0, 0.05) is 14.4 Å². The first-order valence-corrected chi connectivity index (χ1v) is 3.75. The van der Waals surface area contributed by atoms with Crippen molar-refractivity contribution in [3.63, 3.8) is 0 Å². The van der Waals surface area contributed by atoms with Gasteiger partial charge in [-0.2, -0.15) is 0 Å². The maximum Gasteiger partial charge on any atom is 0.337 e. The molecule has 0 amide bonds. The Morgan fingerprint density at radius 3 is 3.07 bits per heavy atom. The predicted octanol–water partition coefficient (Wildman–Crippen LogP) is 2.22. The summed E-state index contributed by atoms with van der Waals surface area (Å²) in [5, 5.41) is 8.32. The fraction of sp³-hybridized carbons (Fsp3) is 0.333. The average molecular weight is 223 g/mol. The van der Waals surface area contributed by atoms with Gasteiger partial charge in [-0.25, -0.2) is 9.78 Å². The summed E-state index contributed by atoms with van der Waals surface area (Å²) >= 11 is 5.68. The summed E-state index contributed by atoms with van der Waals surface area (Å²) in [6.07, 6.45) is -2.48. The molecule has 0 saturated heterocycles. The molecule has 5 heteroatoms. The summed E-state index contributed by atoms with van der Waals surface area (Å²) in [5.74, 6) is -1.98. The van der Waals surface area contributed by atoms with Crippen LogP contribution >= 0.6 is 11.6 Å². The molecule has 0 radical (unpaired) electrons. The van der Waals surface area contributed by atoms with Crippen LogP contribution in [-0.4, -0.2) is 22.1 Å². The standard InChI is InChI=1S/C9H10ClNO3/c1-5(2)14-8-7(10)3-6(4-11-8)9(12)13/h3-5H,1-2H3,(H,12,13)/i1D3,2D3,5D. The zero-order valence-electron chi connectivity index (χ0n) is 13.7. The number of hydrogen-bond donors (Lipinski definition) is 1. The van der Waals surface area contributed by atoms with Crippen LogP contribution in [0.2, 0.25) is 5.02 Å². The van der Waals surface area contributed by atoms with Crippen molar-refractivity contribution >= 4 is 17.6 Å². The van der Waals surface area contributed by atoms with Crippen LogP contribution in [0.4, 0.5) is 0 Å². The van der Waals surface area contributed by atoms with Gasteiger partial charge in [0.05, 0.1) is 13.0 Å². The highest BCUT2D eigenvalue weighted by Gasteiger charge is 2.10. The van der Waals surface area contributed by atoms with E-state index in [1.807, 2.05) is 0 Å². The smallest absolute Gasteiger partial charge is 0.337 e. The van der Waals surface area contributed by atoms with Crippen LogP contribution < -0.4 is 4.74 Å². The number of aromatic carboxylic acids is 1. The lowest BCUT2D eigenvalue weighted by atomic mass is 10.3. The Kier molecular flexibility index (Phi) is 1.37. The molecule has 0 aliphatic rings. The maximum absolute atomic E-state index is 10.7. The van der Waals surface area contributed by atoms with Crippen LogP contribution in [-0.2, 0) is 0 Å². The van der Waals surface area contributed by atoms with Crippen molar-refractivity contribution in [2.24, 2.45) is 0 Å². The third kappa shape index (κ3) is 2.60. The van der Waals surface area contributed by atoms with E-state index in [0.717, 1.165) is 12.3 Å². The number of halogens is 1. The first kappa shape index (κ1) is 4.49. The maximum atomic E-state index is 10.7. The van der Waals surface area contributed by atoms with E-state index in [2.05, 4.69) is 4.98 Å². The van der Waals surface area contributed by atoms with Gasteiger partial charge in [-0.1, -0.05) is 11.6 Å². The zero-order chi connectivity index (χ0) is 16.6. The molecule has 0 aliphatic carbocycles. The lowest BCUT2D eigenvalue weighted by Gasteiger charge is -2.09. The minimum absolute atomic E-state index is 0.300. The van der Waals surface area contributed by atoms with Gasteiger partial charge < -0.3 is 9.84 Å². The normalized spacial score (nSPS) is 20.2. The van der Waals surface area contributed by atoms with Crippen LogP contribution in [0.1, 0.15) is 33.7 Å². The molecule has 0 atom stereocenters. The largest absolute Gasteiger partial charge is 0.478 e. The van der Waals surface area contributed by atoms with E-state index in [9.17, 15) is 4.79 Å². The van der Waals surface area contributed by atoms with Crippen molar-refractivity contribution in [1.29, 1.82) is 0 Å². The Balaban J connectivity index is 3.27. The quantitative estimate of drug-likeness (QED) is 0.852. The molecule has 4 nitrogen and oxygen atoms in total. The minimum Gasteiger partial charge on any atom is -0.478 e. The van der Waals surface area contributed by atoms with Gasteiger partial charge in [-0.15, -0.1) is 0 Å². The van der Waals surface area contributed by atoms with E-state index in [4.69, 9.17) is 31.0 Å². The second-order valence-corrected chi connectivity index (χ2v) is 2.65. The number of pyridine rings is 1. The summed E-state index contributed by atoms with van der Waals surface area (Å²) in [6.45, 7) is -6.62. The van der Waals surface area contributed by atoms with Gasteiger partial charge in [0.25, 0.3) is 0 Å². The molecule has 0 aliphatic heterocycles. The Morgan fingerprint density at radius 2 is 2.57 bits per heavy atom. The summed E-state index contributed by atoms with van der Waals surface area (Å²) < 4.78 is 55.3. The molecule has 1 heterocycles. The van der Waals surface area contributed by atoms with Crippen LogP contribution in [0, 0.1) is 0 Å². The van der Waals surface area contributed by atoms with E-state index in [-0.39, 0.29) is 5.56 Å². The number of nitrogens with zero attached hydrogens (tertiary/aromatic N) is 1. The molecule has 0 spiro atoms. The third-order valence-corrected chi connectivity index (χ3v) is 1.52. The molecule has 14 heavy (non-hydrogen) atoms. The van der Waals surface area contributed by atoms with Crippen molar-refractivity contribution in [2.45, 2.75) is 19.8 Å². The lowest BCUT2D eigenvalue weighted by molar-refractivity contribution is 0.0696. The second-order valence-electron chi connectivity index (χ2n) is 2.25. The highest BCUT2D eigenvalue weighted by Crippen LogP contribution is 2.23. The number of ether oxygens (including phenoxy) is 1. The van der Waals surface area contributed by atoms with Gasteiger partial charge in [0.1, 0.15) is 5.02 Å². The van der Waals surface area contributed by atoms with Crippen LogP contribution in [0.15, 0.2) is 12.3 Å². The lowest BCUT2D eigenvalue weighted by Crippen LogP contribution is -2.08. The molecule has 0 unspecified atom stereocenters. The number of rotatable bonds is 3. The molecule has 1 rings (SSSR count). The molecule has 1 N–H and O–H groups in total. The van der Waals surface area contributed by atoms with Crippen LogP contribution in [0.25, 0.3) is 0 Å². The first-order chi connectivity index (χ1) is 9.29. The number of hydrogen-bond acceptors (Lipinski definition) is 3. The first-order valence-electron chi connectivity index (χ1n) is 6.87. The van der Waals surface area contributed by atoms with Crippen molar-refractivity contribution in [3.05, 3.63) is 22.8 Å². The Labute approximate surface area is 96.3 Å². The van der Waals surface area contributed by atoms with Gasteiger partial charge in [0.2, 0.25) is 5.88 Å². The minimum atomic E-state index is -3.31. The molecular weight excluding hydrogens is 206 g/mol. The highest BCUT2D eigenvalue weighted by molar-refractivity contribution is 6.32. The summed E-state index contributed by atoms with van der Waals surface area (Å²) in [4.78, 5) is 14.2. The summed E-state index contributed by atoms with van der Waals surface area (Å²) in [5.41, 5.74) is -0.300. The van der Waals surface area contributed by atoms with Crippen molar-refractivity contribution in [3.8, 4) is 5.88 Å². The Morgan fingerprint density at radius 1 is 1.86 bits per heavy atom.